The van der Waals surface area contributed by atoms with Crippen molar-refractivity contribution >= 4 is 63.4 Å². The molecule has 0 spiro atoms. The van der Waals surface area contributed by atoms with E-state index in [1.54, 1.807) is 11.8 Å². The molecule has 41 heavy (non-hydrogen) atoms. The zero-order valence-corrected chi connectivity index (χ0v) is 24.7. The van der Waals surface area contributed by atoms with Gasteiger partial charge in [-0.1, -0.05) is 41.5 Å². The Kier molecular flexibility index (Phi) is 8.52. The molecule has 5 rings (SSSR count). The van der Waals surface area contributed by atoms with Gasteiger partial charge in [0.2, 0.25) is 0 Å². The SMILES string of the molecule is Cc1[nH]c(C(=O)N[C@@H]2CCN(c3nc(-c4cnc(NCCN5CCNC5=O)cn4)c(C(=O)O)s3)C[C@@H]2C)c(Cl)c1Cl. The third-order valence-corrected chi connectivity index (χ3v) is 9.16. The topological polar surface area (TPSA) is 168 Å². The van der Waals surface area contributed by atoms with Gasteiger partial charge in [0.05, 0.1) is 22.4 Å². The summed E-state index contributed by atoms with van der Waals surface area (Å²) < 4.78 is 0. The summed E-state index contributed by atoms with van der Waals surface area (Å²) in [6.45, 7) is 7.24. The molecule has 5 N–H and O–H groups in total. The first-order valence-electron chi connectivity index (χ1n) is 13.0. The maximum absolute atomic E-state index is 12.8. The van der Waals surface area contributed by atoms with Crippen molar-refractivity contribution in [3.05, 3.63) is 38.7 Å². The highest BCUT2D eigenvalue weighted by atomic mass is 35.5. The molecular weight excluding hydrogens is 593 g/mol. The Bertz CT molecular complexity index is 1460. The van der Waals surface area contributed by atoms with Crippen molar-refractivity contribution in [3.8, 4) is 11.4 Å². The van der Waals surface area contributed by atoms with Crippen LogP contribution >= 0.6 is 34.5 Å². The standard InChI is InChI=1S/C25H29Cl2N9O4S/c1-12-11-36(6-3-14(12)33-22(37)20-18(27)17(26)13(2)32-20)25-34-19(21(41-25)23(38)39)15-9-31-16(10-30-15)28-4-7-35-8-5-29-24(35)40/h9-10,12,14,32H,3-8,11H2,1-2H3,(H,28,31)(H,29,40)(H,33,37)(H,38,39)/t12-,14+/m0/s1. The molecule has 0 aliphatic carbocycles. The van der Waals surface area contributed by atoms with Crippen molar-refractivity contribution in [2.75, 3.05) is 49.5 Å². The zero-order valence-electron chi connectivity index (χ0n) is 22.3. The van der Waals surface area contributed by atoms with E-state index in [1.807, 2.05) is 11.8 Å². The number of amides is 3. The number of aromatic nitrogens is 4. The first kappa shape index (κ1) is 28.9. The number of nitrogens with zero attached hydrogens (tertiary/aromatic N) is 5. The molecule has 2 fully saturated rings. The van der Waals surface area contributed by atoms with E-state index in [1.165, 1.54) is 12.4 Å². The predicted octanol–water partition coefficient (Wildman–Crippen LogP) is 3.32. The lowest BCUT2D eigenvalue weighted by atomic mass is 9.94. The second-order valence-electron chi connectivity index (χ2n) is 9.96. The van der Waals surface area contributed by atoms with Gasteiger partial charge in [0.15, 0.2) is 5.13 Å². The summed E-state index contributed by atoms with van der Waals surface area (Å²) in [6.07, 6.45) is 3.64. The number of thiazole rings is 1. The number of rotatable bonds is 9. The summed E-state index contributed by atoms with van der Waals surface area (Å²) in [5.41, 5.74) is 1.46. The van der Waals surface area contributed by atoms with E-state index in [0.717, 1.165) is 11.3 Å². The highest BCUT2D eigenvalue weighted by molar-refractivity contribution is 7.17. The van der Waals surface area contributed by atoms with Gasteiger partial charge in [-0.25, -0.2) is 24.5 Å². The minimum absolute atomic E-state index is 0.0513. The van der Waals surface area contributed by atoms with Gasteiger partial charge < -0.3 is 35.8 Å². The number of halogens is 2. The molecule has 0 bridgehead atoms. The third kappa shape index (κ3) is 6.19. The van der Waals surface area contributed by atoms with Crippen molar-refractivity contribution in [2.24, 2.45) is 5.92 Å². The Morgan fingerprint density at radius 3 is 2.63 bits per heavy atom. The molecule has 2 aliphatic heterocycles. The molecule has 0 radical (unpaired) electrons. The fraction of sp³-hybridized carbons (Fsp3) is 0.440. The molecule has 0 aromatic carbocycles. The second kappa shape index (κ2) is 12.1. The summed E-state index contributed by atoms with van der Waals surface area (Å²) in [4.78, 5) is 56.6. The number of nitrogens with one attached hydrogen (secondary N) is 4. The van der Waals surface area contributed by atoms with Gasteiger partial charge in [0.1, 0.15) is 27.8 Å². The van der Waals surface area contributed by atoms with Crippen LogP contribution < -0.4 is 20.9 Å². The number of aromatic carboxylic acids is 1. The monoisotopic (exact) mass is 621 g/mol. The minimum Gasteiger partial charge on any atom is -0.477 e. The van der Waals surface area contributed by atoms with Crippen LogP contribution in [0.2, 0.25) is 10.0 Å². The van der Waals surface area contributed by atoms with Crippen LogP contribution in [0.25, 0.3) is 11.4 Å². The Hall–Kier alpha value is -3.62. The molecule has 218 valence electrons. The maximum atomic E-state index is 12.8. The molecule has 3 aromatic heterocycles. The minimum atomic E-state index is -1.09. The number of carbonyl (C=O) groups is 3. The molecule has 3 aromatic rings. The molecule has 16 heteroatoms. The molecule has 0 unspecified atom stereocenters. The molecule has 2 aliphatic rings. The predicted molar refractivity (Wildman–Crippen MR) is 156 cm³/mol. The van der Waals surface area contributed by atoms with Crippen LogP contribution in [0.3, 0.4) is 0 Å². The van der Waals surface area contributed by atoms with E-state index >= 15 is 0 Å². The van der Waals surface area contributed by atoms with Crippen LogP contribution in [0.15, 0.2) is 12.4 Å². The average molecular weight is 623 g/mol. The maximum Gasteiger partial charge on any atom is 0.348 e. The number of H-pyrrole nitrogens is 1. The normalized spacial score (nSPS) is 18.9. The Balaban J connectivity index is 1.22. The summed E-state index contributed by atoms with van der Waals surface area (Å²) in [7, 11) is 0. The summed E-state index contributed by atoms with van der Waals surface area (Å²) in [6, 6.07) is -0.194. The van der Waals surface area contributed by atoms with Crippen LogP contribution in [-0.2, 0) is 0 Å². The lowest BCUT2D eigenvalue weighted by molar-refractivity contribution is 0.0702. The number of carboxylic acids is 1. The first-order valence-corrected chi connectivity index (χ1v) is 14.6. The van der Waals surface area contributed by atoms with Crippen molar-refractivity contribution in [1.29, 1.82) is 0 Å². The van der Waals surface area contributed by atoms with Gasteiger partial charge >= 0.3 is 12.0 Å². The molecule has 3 amide bonds. The summed E-state index contributed by atoms with van der Waals surface area (Å²) in [5, 5.41) is 19.9. The summed E-state index contributed by atoms with van der Waals surface area (Å²) in [5.74, 6) is -0.853. The van der Waals surface area contributed by atoms with Gasteiger partial charge in [0, 0.05) is 51.0 Å². The number of hydrogen-bond acceptors (Lipinski definition) is 9. The smallest absolute Gasteiger partial charge is 0.348 e. The van der Waals surface area contributed by atoms with E-state index in [-0.39, 0.29) is 45.2 Å². The number of carbonyl (C=O) groups excluding carboxylic acids is 2. The number of aromatic amines is 1. The Morgan fingerprint density at radius 2 is 2.02 bits per heavy atom. The van der Waals surface area contributed by atoms with Crippen molar-refractivity contribution < 1.29 is 19.5 Å². The van der Waals surface area contributed by atoms with Gasteiger partial charge in [0.25, 0.3) is 5.91 Å². The molecule has 2 atom stereocenters. The van der Waals surface area contributed by atoms with E-state index in [0.29, 0.717) is 73.0 Å². The molecule has 2 saturated heterocycles. The van der Waals surface area contributed by atoms with Crippen molar-refractivity contribution in [2.45, 2.75) is 26.3 Å². The van der Waals surface area contributed by atoms with E-state index in [2.05, 4.69) is 35.9 Å². The molecule has 5 heterocycles. The van der Waals surface area contributed by atoms with E-state index < -0.39 is 5.97 Å². The third-order valence-electron chi connectivity index (χ3n) is 7.11. The lowest BCUT2D eigenvalue weighted by Gasteiger charge is -2.37. The van der Waals surface area contributed by atoms with Crippen LogP contribution in [0.5, 0.6) is 0 Å². The van der Waals surface area contributed by atoms with Gasteiger partial charge in [-0.15, -0.1) is 0 Å². The molecule has 0 saturated carbocycles. The highest BCUT2D eigenvalue weighted by Crippen LogP contribution is 2.35. The average Bonchev–Trinajstić information content (AvgIpc) is 3.65. The highest BCUT2D eigenvalue weighted by Gasteiger charge is 2.32. The number of urea groups is 1. The number of hydrogen-bond donors (Lipinski definition) is 5. The van der Waals surface area contributed by atoms with Gasteiger partial charge in [-0.3, -0.25) is 4.79 Å². The first-order chi connectivity index (χ1) is 19.6. The summed E-state index contributed by atoms with van der Waals surface area (Å²) >= 11 is 13.4. The van der Waals surface area contributed by atoms with Gasteiger partial charge in [-0.05, 0) is 19.3 Å². The number of aryl methyl sites for hydroxylation is 1. The fourth-order valence-electron chi connectivity index (χ4n) is 4.85. The number of piperidine rings is 1. The fourth-order valence-corrected chi connectivity index (χ4v) is 6.22. The van der Waals surface area contributed by atoms with E-state index in [9.17, 15) is 19.5 Å². The lowest BCUT2D eigenvalue weighted by Crippen LogP contribution is -2.50. The van der Waals surface area contributed by atoms with Crippen LogP contribution in [0.1, 0.15) is 39.2 Å². The number of carboxylic acid groups (broad SMARTS) is 1. The van der Waals surface area contributed by atoms with Crippen LogP contribution in [-0.4, -0.2) is 93.2 Å². The Labute approximate surface area is 249 Å². The van der Waals surface area contributed by atoms with E-state index in [4.69, 9.17) is 23.2 Å². The van der Waals surface area contributed by atoms with Crippen LogP contribution in [0, 0.1) is 12.8 Å². The Morgan fingerprint density at radius 1 is 1.22 bits per heavy atom. The van der Waals surface area contributed by atoms with Crippen molar-refractivity contribution in [3.63, 3.8) is 0 Å². The second-order valence-corrected chi connectivity index (χ2v) is 11.7. The number of anilines is 2. The van der Waals surface area contributed by atoms with Crippen LogP contribution in [0.4, 0.5) is 15.7 Å². The van der Waals surface area contributed by atoms with Gasteiger partial charge in [-0.2, -0.15) is 0 Å². The zero-order chi connectivity index (χ0) is 29.3. The molecular formula is C25H29Cl2N9O4S. The van der Waals surface area contributed by atoms with Crippen molar-refractivity contribution in [1.82, 2.24) is 35.5 Å². The largest absolute Gasteiger partial charge is 0.477 e. The quantitative estimate of drug-likeness (QED) is 0.240. The molecule has 13 nitrogen and oxygen atoms in total.